The van der Waals surface area contributed by atoms with Crippen molar-refractivity contribution in [2.24, 2.45) is 0 Å². The molecule has 1 heterocycles. The summed E-state index contributed by atoms with van der Waals surface area (Å²) in [6.07, 6.45) is 4.78. The number of methoxy groups -OCH3 is 1. The third-order valence-electron chi connectivity index (χ3n) is 2.79. The van der Waals surface area contributed by atoms with Gasteiger partial charge in [-0.15, -0.1) is 0 Å². The van der Waals surface area contributed by atoms with Crippen LogP contribution in [0.5, 0.6) is 0 Å². The van der Waals surface area contributed by atoms with Gasteiger partial charge in [-0.2, -0.15) is 0 Å². The van der Waals surface area contributed by atoms with E-state index in [4.69, 9.17) is 0 Å². The molecule has 0 saturated carbocycles. The van der Waals surface area contributed by atoms with E-state index in [2.05, 4.69) is 20.0 Å². The quantitative estimate of drug-likeness (QED) is 0.869. The lowest BCUT2D eigenvalue weighted by atomic mass is 10.1. The van der Waals surface area contributed by atoms with Gasteiger partial charge < -0.3 is 10.1 Å². The van der Waals surface area contributed by atoms with E-state index < -0.39 is 11.8 Å². The average Bonchev–Trinajstić information content (AvgIpc) is 2.49. The number of hydrogen-bond acceptors (Lipinski definition) is 5. The van der Waals surface area contributed by atoms with E-state index in [9.17, 15) is 9.18 Å². The van der Waals surface area contributed by atoms with Crippen LogP contribution in [0.3, 0.4) is 0 Å². The summed E-state index contributed by atoms with van der Waals surface area (Å²) in [7, 11) is 1.25. The van der Waals surface area contributed by atoms with Crippen molar-refractivity contribution in [3.8, 4) is 0 Å². The van der Waals surface area contributed by atoms with E-state index in [0.717, 1.165) is 6.07 Å². The zero-order valence-electron chi connectivity index (χ0n) is 11.1. The van der Waals surface area contributed by atoms with E-state index in [1.54, 1.807) is 18.6 Å². The molecule has 1 unspecified atom stereocenters. The number of aromatic nitrogens is 2. The predicted molar refractivity (Wildman–Crippen MR) is 71.8 cm³/mol. The van der Waals surface area contributed by atoms with Crippen molar-refractivity contribution in [2.75, 3.05) is 12.4 Å². The standard InChI is InChI=1S/C14H14FN3O2/c1-9(13-8-16-5-6-17-13)18-12-4-3-10(15)7-11(12)14(19)20-2/h3-9,18H,1-2H3. The molecule has 6 heteroatoms. The van der Waals surface area contributed by atoms with E-state index in [-0.39, 0.29) is 11.6 Å². The molecule has 0 radical (unpaired) electrons. The van der Waals surface area contributed by atoms with Gasteiger partial charge in [0, 0.05) is 18.1 Å². The fraction of sp³-hybridized carbons (Fsp3) is 0.214. The van der Waals surface area contributed by atoms with Crippen molar-refractivity contribution in [1.29, 1.82) is 0 Å². The van der Waals surface area contributed by atoms with Gasteiger partial charge in [-0.25, -0.2) is 9.18 Å². The molecule has 1 N–H and O–H groups in total. The molecule has 2 aromatic rings. The number of benzene rings is 1. The highest BCUT2D eigenvalue weighted by atomic mass is 19.1. The topological polar surface area (TPSA) is 64.1 Å². The lowest BCUT2D eigenvalue weighted by Gasteiger charge is -2.16. The number of nitrogens with one attached hydrogen (secondary N) is 1. The molecule has 0 spiro atoms. The summed E-state index contributed by atoms with van der Waals surface area (Å²) in [6, 6.07) is 3.72. The normalized spacial score (nSPS) is 11.8. The van der Waals surface area contributed by atoms with Crippen molar-refractivity contribution in [3.63, 3.8) is 0 Å². The van der Waals surface area contributed by atoms with Crippen LogP contribution in [0.2, 0.25) is 0 Å². The summed E-state index contributed by atoms with van der Waals surface area (Å²) >= 11 is 0. The number of halogens is 1. The second-order valence-corrected chi connectivity index (χ2v) is 4.18. The summed E-state index contributed by atoms with van der Waals surface area (Å²) in [5, 5.41) is 3.10. The molecule has 0 aliphatic carbocycles. The fourth-order valence-electron chi connectivity index (χ4n) is 1.76. The summed E-state index contributed by atoms with van der Waals surface area (Å²) in [5.74, 6) is -1.10. The first-order valence-electron chi connectivity index (χ1n) is 6.02. The number of ether oxygens (including phenoxy) is 1. The Bertz CT molecular complexity index is 605. The fourth-order valence-corrected chi connectivity index (χ4v) is 1.76. The van der Waals surface area contributed by atoms with Crippen LogP contribution in [0.25, 0.3) is 0 Å². The maximum Gasteiger partial charge on any atom is 0.340 e. The lowest BCUT2D eigenvalue weighted by molar-refractivity contribution is 0.0601. The van der Waals surface area contributed by atoms with Crippen molar-refractivity contribution < 1.29 is 13.9 Å². The third-order valence-corrected chi connectivity index (χ3v) is 2.79. The van der Waals surface area contributed by atoms with E-state index in [1.807, 2.05) is 6.92 Å². The Morgan fingerprint density at radius 3 is 2.85 bits per heavy atom. The summed E-state index contributed by atoms with van der Waals surface area (Å²) in [6.45, 7) is 1.87. The minimum atomic E-state index is -0.599. The minimum absolute atomic E-state index is 0.142. The highest BCUT2D eigenvalue weighted by Crippen LogP contribution is 2.22. The monoisotopic (exact) mass is 275 g/mol. The van der Waals surface area contributed by atoms with Crippen LogP contribution in [0, 0.1) is 5.82 Å². The first kappa shape index (κ1) is 13.9. The number of hydrogen-bond donors (Lipinski definition) is 1. The van der Waals surface area contributed by atoms with Gasteiger partial charge in [0.25, 0.3) is 0 Å². The number of carbonyl (C=O) groups is 1. The Labute approximate surface area is 115 Å². The first-order valence-corrected chi connectivity index (χ1v) is 6.02. The number of rotatable bonds is 4. The van der Waals surface area contributed by atoms with Gasteiger partial charge in [-0.1, -0.05) is 0 Å². The van der Waals surface area contributed by atoms with Crippen LogP contribution in [0.1, 0.15) is 29.0 Å². The molecule has 0 fully saturated rings. The molecule has 0 bridgehead atoms. The first-order chi connectivity index (χ1) is 9.61. The zero-order chi connectivity index (χ0) is 14.5. The molecule has 1 aromatic carbocycles. The highest BCUT2D eigenvalue weighted by Gasteiger charge is 2.15. The summed E-state index contributed by atoms with van der Waals surface area (Å²) in [5.41, 5.74) is 1.34. The molecule has 2 rings (SSSR count). The van der Waals surface area contributed by atoms with Crippen molar-refractivity contribution in [2.45, 2.75) is 13.0 Å². The molecule has 1 aromatic heterocycles. The number of esters is 1. The molecule has 0 saturated heterocycles. The molecular formula is C14H14FN3O2. The van der Waals surface area contributed by atoms with Crippen molar-refractivity contribution in [1.82, 2.24) is 9.97 Å². The maximum atomic E-state index is 13.2. The van der Waals surface area contributed by atoms with E-state index in [0.29, 0.717) is 11.4 Å². The van der Waals surface area contributed by atoms with Crippen LogP contribution in [-0.4, -0.2) is 23.0 Å². The Balaban J connectivity index is 2.27. The number of carbonyl (C=O) groups excluding carboxylic acids is 1. The molecule has 5 nitrogen and oxygen atoms in total. The van der Waals surface area contributed by atoms with Crippen LogP contribution < -0.4 is 5.32 Å². The average molecular weight is 275 g/mol. The zero-order valence-corrected chi connectivity index (χ0v) is 11.1. The predicted octanol–water partition coefficient (Wildman–Crippen LogP) is 2.58. The number of anilines is 1. The van der Waals surface area contributed by atoms with Crippen molar-refractivity contribution >= 4 is 11.7 Å². The van der Waals surface area contributed by atoms with E-state index >= 15 is 0 Å². The van der Waals surface area contributed by atoms with Gasteiger partial charge in [0.05, 0.1) is 30.6 Å². The van der Waals surface area contributed by atoms with Crippen molar-refractivity contribution in [3.05, 3.63) is 53.9 Å². The summed E-state index contributed by atoms with van der Waals surface area (Å²) in [4.78, 5) is 19.8. The second-order valence-electron chi connectivity index (χ2n) is 4.18. The Morgan fingerprint density at radius 1 is 1.40 bits per heavy atom. The minimum Gasteiger partial charge on any atom is -0.465 e. The van der Waals surface area contributed by atoms with Gasteiger partial charge in [-0.05, 0) is 25.1 Å². The molecule has 0 amide bonds. The van der Waals surface area contributed by atoms with Gasteiger partial charge in [0.15, 0.2) is 0 Å². The van der Waals surface area contributed by atoms with Gasteiger partial charge in [0.1, 0.15) is 5.82 Å². The summed E-state index contributed by atoms with van der Waals surface area (Å²) < 4.78 is 17.9. The van der Waals surface area contributed by atoms with Crippen LogP contribution in [0.4, 0.5) is 10.1 Å². The van der Waals surface area contributed by atoms with Gasteiger partial charge in [0.2, 0.25) is 0 Å². The molecule has 0 aliphatic heterocycles. The Kier molecular flexibility index (Phi) is 4.24. The van der Waals surface area contributed by atoms with Crippen LogP contribution in [0.15, 0.2) is 36.8 Å². The molecule has 20 heavy (non-hydrogen) atoms. The SMILES string of the molecule is COC(=O)c1cc(F)ccc1NC(C)c1cnccn1. The molecule has 0 aliphatic rings. The van der Waals surface area contributed by atoms with Gasteiger partial charge >= 0.3 is 5.97 Å². The van der Waals surface area contributed by atoms with Crippen LogP contribution in [-0.2, 0) is 4.74 Å². The Hall–Kier alpha value is -2.50. The third kappa shape index (κ3) is 3.09. The molecular weight excluding hydrogens is 261 g/mol. The smallest absolute Gasteiger partial charge is 0.340 e. The van der Waals surface area contributed by atoms with E-state index in [1.165, 1.54) is 19.2 Å². The largest absolute Gasteiger partial charge is 0.465 e. The highest BCUT2D eigenvalue weighted by molar-refractivity contribution is 5.95. The molecule has 104 valence electrons. The second kappa shape index (κ2) is 6.10. The Morgan fingerprint density at radius 2 is 2.20 bits per heavy atom. The maximum absolute atomic E-state index is 13.2. The lowest BCUT2D eigenvalue weighted by Crippen LogP contribution is -2.13. The molecule has 1 atom stereocenters. The number of nitrogens with zero attached hydrogens (tertiary/aromatic N) is 2. The van der Waals surface area contributed by atoms with Crippen LogP contribution >= 0.6 is 0 Å². The van der Waals surface area contributed by atoms with Gasteiger partial charge in [-0.3, -0.25) is 9.97 Å².